The number of aryl methyl sites for hydroxylation is 2. The normalized spacial score (nSPS) is 21.9. The topological polar surface area (TPSA) is 68.1 Å². The predicted octanol–water partition coefficient (Wildman–Crippen LogP) is 1.84. The van der Waals surface area contributed by atoms with E-state index in [9.17, 15) is 0 Å². The van der Waals surface area contributed by atoms with Crippen LogP contribution in [-0.4, -0.2) is 63.0 Å². The second-order valence-corrected chi connectivity index (χ2v) is 6.82. The largest absolute Gasteiger partial charge is 0.378 e. The molecule has 0 aromatic carbocycles. The standard InChI is InChI=1S/C17H28N6O/c1-6-7-15-20-16(12-8-18-22(4)17(12)21-15)19-13-9-23(11(2)3)10-14(13)24-5/h8,11,13-14H,6-7,9-10H2,1-5H3,(H,19,20,21)/t13-,14-/m1/s1. The molecule has 1 aliphatic rings. The Morgan fingerprint density at radius 3 is 2.79 bits per heavy atom. The van der Waals surface area contributed by atoms with Crippen LogP contribution in [0.15, 0.2) is 6.20 Å². The van der Waals surface area contributed by atoms with Crippen molar-refractivity contribution in [3.05, 3.63) is 12.0 Å². The van der Waals surface area contributed by atoms with Crippen LogP contribution in [0.25, 0.3) is 11.0 Å². The number of aromatic nitrogens is 4. The molecule has 0 radical (unpaired) electrons. The van der Waals surface area contributed by atoms with Crippen molar-refractivity contribution in [1.29, 1.82) is 0 Å². The maximum atomic E-state index is 5.70. The van der Waals surface area contributed by atoms with Gasteiger partial charge in [0.1, 0.15) is 11.6 Å². The Kier molecular flexibility index (Phi) is 5.01. The number of hydrogen-bond acceptors (Lipinski definition) is 6. The van der Waals surface area contributed by atoms with Crippen LogP contribution in [0.3, 0.4) is 0 Å². The van der Waals surface area contributed by atoms with E-state index in [2.05, 4.69) is 41.1 Å². The second kappa shape index (κ2) is 7.03. The van der Waals surface area contributed by atoms with E-state index in [1.165, 1.54) is 0 Å². The molecule has 0 unspecified atom stereocenters. The molecule has 0 spiro atoms. The van der Waals surface area contributed by atoms with E-state index in [4.69, 9.17) is 9.72 Å². The molecule has 1 N–H and O–H groups in total. The van der Waals surface area contributed by atoms with Crippen molar-refractivity contribution in [1.82, 2.24) is 24.6 Å². The molecule has 7 nitrogen and oxygen atoms in total. The lowest BCUT2D eigenvalue weighted by atomic mass is 10.2. The van der Waals surface area contributed by atoms with Gasteiger partial charge >= 0.3 is 0 Å². The fourth-order valence-electron chi connectivity index (χ4n) is 3.29. The monoisotopic (exact) mass is 332 g/mol. The predicted molar refractivity (Wildman–Crippen MR) is 95.2 cm³/mol. The third-order valence-corrected chi connectivity index (χ3v) is 4.76. The molecule has 0 aliphatic carbocycles. The number of anilines is 1. The summed E-state index contributed by atoms with van der Waals surface area (Å²) in [6, 6.07) is 0.721. The molecule has 3 heterocycles. The lowest BCUT2D eigenvalue weighted by Crippen LogP contribution is -2.34. The first-order valence-electron chi connectivity index (χ1n) is 8.75. The van der Waals surface area contributed by atoms with Crippen LogP contribution in [0, 0.1) is 0 Å². The van der Waals surface area contributed by atoms with Gasteiger partial charge in [0.2, 0.25) is 0 Å². The number of hydrogen-bond donors (Lipinski definition) is 1. The van der Waals surface area contributed by atoms with E-state index in [-0.39, 0.29) is 12.1 Å². The Morgan fingerprint density at radius 2 is 2.12 bits per heavy atom. The van der Waals surface area contributed by atoms with Crippen LogP contribution < -0.4 is 5.32 Å². The van der Waals surface area contributed by atoms with Crippen LogP contribution in [0.2, 0.25) is 0 Å². The van der Waals surface area contributed by atoms with Gasteiger partial charge < -0.3 is 10.1 Å². The third-order valence-electron chi connectivity index (χ3n) is 4.76. The summed E-state index contributed by atoms with van der Waals surface area (Å²) in [6.07, 6.45) is 3.88. The highest BCUT2D eigenvalue weighted by molar-refractivity contribution is 5.86. The molecule has 132 valence electrons. The smallest absolute Gasteiger partial charge is 0.163 e. The van der Waals surface area contributed by atoms with Gasteiger partial charge in [-0.15, -0.1) is 0 Å². The third kappa shape index (κ3) is 3.23. The minimum atomic E-state index is 0.156. The van der Waals surface area contributed by atoms with Gasteiger partial charge in [0.25, 0.3) is 0 Å². The first-order chi connectivity index (χ1) is 11.5. The molecule has 0 bridgehead atoms. The Hall–Kier alpha value is -1.73. The van der Waals surface area contributed by atoms with Gasteiger partial charge in [-0.25, -0.2) is 9.97 Å². The fraction of sp³-hybridized carbons (Fsp3) is 0.706. The van der Waals surface area contributed by atoms with Crippen LogP contribution in [0.5, 0.6) is 0 Å². The molecule has 1 saturated heterocycles. The SMILES string of the molecule is CCCc1nc(N[C@@H]2CN(C(C)C)C[C@H]2OC)c2cnn(C)c2n1. The Bertz CT molecular complexity index is 698. The minimum Gasteiger partial charge on any atom is -0.378 e. The lowest BCUT2D eigenvalue weighted by molar-refractivity contribution is 0.0983. The molecular weight excluding hydrogens is 304 g/mol. The fourth-order valence-corrected chi connectivity index (χ4v) is 3.29. The summed E-state index contributed by atoms with van der Waals surface area (Å²) < 4.78 is 7.51. The highest BCUT2D eigenvalue weighted by atomic mass is 16.5. The average molecular weight is 332 g/mol. The number of methoxy groups -OCH3 is 1. The van der Waals surface area contributed by atoms with Gasteiger partial charge in [-0.1, -0.05) is 6.92 Å². The van der Waals surface area contributed by atoms with Crippen LogP contribution in [0.1, 0.15) is 33.0 Å². The van der Waals surface area contributed by atoms with E-state index >= 15 is 0 Å². The number of nitrogens with zero attached hydrogens (tertiary/aromatic N) is 5. The highest BCUT2D eigenvalue weighted by Gasteiger charge is 2.34. The van der Waals surface area contributed by atoms with Gasteiger partial charge in [-0.2, -0.15) is 5.10 Å². The zero-order valence-corrected chi connectivity index (χ0v) is 15.3. The number of fused-ring (bicyclic) bond motifs is 1. The number of ether oxygens (including phenoxy) is 1. The summed E-state index contributed by atoms with van der Waals surface area (Å²) in [7, 11) is 3.70. The summed E-state index contributed by atoms with van der Waals surface area (Å²) in [5.74, 6) is 1.73. The van der Waals surface area contributed by atoms with Crippen LogP contribution >= 0.6 is 0 Å². The van der Waals surface area contributed by atoms with Crippen molar-refractivity contribution < 1.29 is 4.74 Å². The molecule has 0 amide bonds. The highest BCUT2D eigenvalue weighted by Crippen LogP contribution is 2.24. The molecule has 2 aromatic rings. The maximum absolute atomic E-state index is 5.70. The summed E-state index contributed by atoms with van der Waals surface area (Å²) >= 11 is 0. The van der Waals surface area contributed by atoms with Crippen molar-refractivity contribution in [2.24, 2.45) is 7.05 Å². The molecule has 1 aliphatic heterocycles. The Balaban J connectivity index is 1.91. The van der Waals surface area contributed by atoms with E-state index in [1.54, 1.807) is 7.11 Å². The molecule has 3 rings (SSSR count). The zero-order chi connectivity index (χ0) is 17.3. The molecule has 7 heteroatoms. The summed E-state index contributed by atoms with van der Waals surface area (Å²) in [5, 5.41) is 8.93. The summed E-state index contributed by atoms with van der Waals surface area (Å²) in [4.78, 5) is 11.8. The maximum Gasteiger partial charge on any atom is 0.163 e. The number of likely N-dealkylation sites (tertiary alicyclic amines) is 1. The second-order valence-electron chi connectivity index (χ2n) is 6.82. The Labute approximate surface area is 143 Å². The molecule has 2 aromatic heterocycles. The Morgan fingerprint density at radius 1 is 1.33 bits per heavy atom. The number of nitrogens with one attached hydrogen (secondary N) is 1. The van der Waals surface area contributed by atoms with E-state index < -0.39 is 0 Å². The van der Waals surface area contributed by atoms with E-state index in [1.807, 2.05) is 17.9 Å². The van der Waals surface area contributed by atoms with Gasteiger partial charge in [-0.05, 0) is 20.3 Å². The quantitative estimate of drug-likeness (QED) is 0.870. The molecule has 0 saturated carbocycles. The van der Waals surface area contributed by atoms with Crippen molar-refractivity contribution >= 4 is 16.9 Å². The summed E-state index contributed by atoms with van der Waals surface area (Å²) in [5.41, 5.74) is 0.878. The van der Waals surface area contributed by atoms with Gasteiger partial charge in [0.05, 0.1) is 23.7 Å². The van der Waals surface area contributed by atoms with Crippen molar-refractivity contribution in [3.63, 3.8) is 0 Å². The first-order valence-corrected chi connectivity index (χ1v) is 8.75. The number of rotatable bonds is 6. The van der Waals surface area contributed by atoms with E-state index in [0.717, 1.165) is 48.6 Å². The zero-order valence-electron chi connectivity index (χ0n) is 15.3. The van der Waals surface area contributed by atoms with Crippen molar-refractivity contribution in [3.8, 4) is 0 Å². The average Bonchev–Trinajstić information content (AvgIpc) is 3.12. The van der Waals surface area contributed by atoms with Gasteiger partial charge in [0, 0.05) is 39.7 Å². The van der Waals surface area contributed by atoms with Crippen LogP contribution in [-0.2, 0) is 18.2 Å². The van der Waals surface area contributed by atoms with Crippen molar-refractivity contribution in [2.75, 3.05) is 25.5 Å². The van der Waals surface area contributed by atoms with Gasteiger partial charge in [-0.3, -0.25) is 9.58 Å². The molecule has 2 atom stereocenters. The first kappa shape index (κ1) is 17.1. The summed E-state index contributed by atoms with van der Waals surface area (Å²) in [6.45, 7) is 8.47. The lowest BCUT2D eigenvalue weighted by Gasteiger charge is -2.20. The van der Waals surface area contributed by atoms with E-state index in [0.29, 0.717) is 6.04 Å². The van der Waals surface area contributed by atoms with Crippen molar-refractivity contribution in [2.45, 2.75) is 51.8 Å². The van der Waals surface area contributed by atoms with Crippen LogP contribution in [0.4, 0.5) is 5.82 Å². The van der Waals surface area contributed by atoms with Gasteiger partial charge in [0.15, 0.2) is 5.65 Å². The molecular formula is C17H28N6O. The molecule has 1 fully saturated rings. The minimum absolute atomic E-state index is 0.156. The molecule has 24 heavy (non-hydrogen) atoms.